The van der Waals surface area contributed by atoms with E-state index < -0.39 is 5.97 Å². The molecule has 0 fully saturated rings. The lowest BCUT2D eigenvalue weighted by Gasteiger charge is -2.19. The van der Waals surface area contributed by atoms with Gasteiger partial charge in [-0.3, -0.25) is 0 Å². The fourth-order valence-corrected chi connectivity index (χ4v) is 2.33. The average Bonchev–Trinajstić information content (AvgIpc) is 2.40. The minimum Gasteiger partial charge on any atom is -0.478 e. The zero-order chi connectivity index (χ0) is 15.6. The second kappa shape index (κ2) is 5.90. The molecule has 0 spiro atoms. The fourth-order valence-electron chi connectivity index (χ4n) is 1.87. The molecular weight excluding hydrogens is 332 g/mol. The van der Waals surface area contributed by atoms with E-state index in [1.807, 2.05) is 24.3 Å². The Morgan fingerprint density at radius 2 is 1.71 bits per heavy atom. The summed E-state index contributed by atoms with van der Waals surface area (Å²) in [4.78, 5) is 10.9. The molecular formula is C17H17BrO3. The number of benzene rings is 2. The summed E-state index contributed by atoms with van der Waals surface area (Å²) >= 11 is 3.33. The summed E-state index contributed by atoms with van der Waals surface area (Å²) in [6.45, 7) is 6.47. The minimum absolute atomic E-state index is 0.0995. The maximum absolute atomic E-state index is 10.9. The number of hydrogen-bond donors (Lipinski definition) is 1. The van der Waals surface area contributed by atoms with Crippen molar-refractivity contribution in [3.05, 3.63) is 58.1 Å². The molecule has 0 bridgehead atoms. The summed E-state index contributed by atoms with van der Waals surface area (Å²) < 4.78 is 6.38. The largest absolute Gasteiger partial charge is 0.478 e. The summed E-state index contributed by atoms with van der Waals surface area (Å²) in [5, 5.41) is 8.93. The van der Waals surface area contributed by atoms with Crippen LogP contribution in [0.25, 0.3) is 0 Å². The first-order valence-electron chi connectivity index (χ1n) is 6.58. The van der Waals surface area contributed by atoms with Crippen molar-refractivity contribution in [3.8, 4) is 11.5 Å². The Bertz CT molecular complexity index is 655. The molecule has 3 nitrogen and oxygen atoms in total. The Balaban J connectivity index is 2.20. The molecule has 0 unspecified atom stereocenters. The molecule has 2 aromatic rings. The van der Waals surface area contributed by atoms with E-state index in [0.29, 0.717) is 16.0 Å². The highest BCUT2D eigenvalue weighted by Gasteiger charge is 2.13. The molecule has 0 aliphatic carbocycles. The van der Waals surface area contributed by atoms with Crippen molar-refractivity contribution in [2.24, 2.45) is 0 Å². The number of carboxylic acids is 1. The Kier molecular flexibility index (Phi) is 4.37. The zero-order valence-corrected chi connectivity index (χ0v) is 13.8. The third kappa shape index (κ3) is 3.85. The number of aromatic carboxylic acids is 1. The first-order chi connectivity index (χ1) is 9.77. The molecule has 0 aliphatic heterocycles. The van der Waals surface area contributed by atoms with Crippen LogP contribution in [0.1, 0.15) is 36.7 Å². The maximum Gasteiger partial charge on any atom is 0.335 e. The second-order valence-corrected chi connectivity index (χ2v) is 6.68. The van der Waals surface area contributed by atoms with E-state index in [9.17, 15) is 4.79 Å². The number of rotatable bonds is 3. The predicted octanol–water partition coefficient (Wildman–Crippen LogP) is 5.24. The monoisotopic (exact) mass is 348 g/mol. The van der Waals surface area contributed by atoms with Crippen LogP contribution in [0.4, 0.5) is 0 Å². The first-order valence-corrected chi connectivity index (χ1v) is 7.38. The molecule has 110 valence electrons. The third-order valence-corrected chi connectivity index (χ3v) is 3.75. The van der Waals surface area contributed by atoms with Crippen LogP contribution in [0.15, 0.2) is 46.9 Å². The van der Waals surface area contributed by atoms with Gasteiger partial charge in [-0.25, -0.2) is 4.79 Å². The first kappa shape index (κ1) is 15.6. The van der Waals surface area contributed by atoms with Gasteiger partial charge in [0, 0.05) is 0 Å². The lowest BCUT2D eigenvalue weighted by molar-refractivity contribution is 0.0697. The smallest absolute Gasteiger partial charge is 0.335 e. The van der Waals surface area contributed by atoms with Crippen LogP contribution in [0.3, 0.4) is 0 Å². The topological polar surface area (TPSA) is 46.5 Å². The molecule has 0 heterocycles. The van der Waals surface area contributed by atoms with E-state index in [1.165, 1.54) is 17.7 Å². The van der Waals surface area contributed by atoms with Gasteiger partial charge in [-0.05, 0) is 57.2 Å². The van der Waals surface area contributed by atoms with Gasteiger partial charge in [-0.1, -0.05) is 32.9 Å². The number of ether oxygens (including phenoxy) is 1. The van der Waals surface area contributed by atoms with Crippen LogP contribution in [0.2, 0.25) is 0 Å². The van der Waals surface area contributed by atoms with Crippen molar-refractivity contribution in [2.75, 3.05) is 0 Å². The standard InChI is InChI=1S/C17H17BrO3/c1-17(2,3)12-5-7-13(8-6-12)21-15-9-4-11(16(19)20)10-14(15)18/h4-10H,1-3H3,(H,19,20). The number of carboxylic acid groups (broad SMARTS) is 1. The van der Waals surface area contributed by atoms with Gasteiger partial charge in [-0.15, -0.1) is 0 Å². The molecule has 0 amide bonds. The third-order valence-electron chi connectivity index (χ3n) is 3.13. The molecule has 0 aliphatic rings. The van der Waals surface area contributed by atoms with Gasteiger partial charge in [0.2, 0.25) is 0 Å². The molecule has 0 radical (unpaired) electrons. The molecule has 21 heavy (non-hydrogen) atoms. The van der Waals surface area contributed by atoms with Crippen LogP contribution >= 0.6 is 15.9 Å². The number of halogens is 1. The summed E-state index contributed by atoms with van der Waals surface area (Å²) in [6.07, 6.45) is 0. The highest BCUT2D eigenvalue weighted by Crippen LogP contribution is 2.32. The van der Waals surface area contributed by atoms with Gasteiger partial charge < -0.3 is 9.84 Å². The molecule has 0 atom stereocenters. The van der Waals surface area contributed by atoms with Gasteiger partial charge in [0.05, 0.1) is 10.0 Å². The fraction of sp³-hybridized carbons (Fsp3) is 0.235. The van der Waals surface area contributed by atoms with E-state index in [-0.39, 0.29) is 11.0 Å². The minimum atomic E-state index is -0.961. The highest BCUT2D eigenvalue weighted by molar-refractivity contribution is 9.10. The van der Waals surface area contributed by atoms with Crippen molar-refractivity contribution >= 4 is 21.9 Å². The van der Waals surface area contributed by atoms with Crippen molar-refractivity contribution in [3.63, 3.8) is 0 Å². The molecule has 1 N–H and O–H groups in total. The van der Waals surface area contributed by atoms with Crippen LogP contribution in [0.5, 0.6) is 11.5 Å². The SMILES string of the molecule is CC(C)(C)c1ccc(Oc2ccc(C(=O)O)cc2Br)cc1. The Morgan fingerprint density at radius 3 is 2.19 bits per heavy atom. The average molecular weight is 349 g/mol. The zero-order valence-electron chi connectivity index (χ0n) is 12.2. The van der Waals surface area contributed by atoms with Gasteiger partial charge >= 0.3 is 5.97 Å². The second-order valence-electron chi connectivity index (χ2n) is 5.83. The van der Waals surface area contributed by atoms with Crippen molar-refractivity contribution in [1.29, 1.82) is 0 Å². The lowest BCUT2D eigenvalue weighted by Crippen LogP contribution is -2.10. The molecule has 4 heteroatoms. The van der Waals surface area contributed by atoms with Gasteiger partial charge in [0.15, 0.2) is 0 Å². The predicted molar refractivity (Wildman–Crippen MR) is 86.3 cm³/mol. The van der Waals surface area contributed by atoms with Crippen molar-refractivity contribution in [2.45, 2.75) is 26.2 Å². The van der Waals surface area contributed by atoms with Crippen LogP contribution in [0, 0.1) is 0 Å². The van der Waals surface area contributed by atoms with Crippen molar-refractivity contribution in [1.82, 2.24) is 0 Å². The van der Waals surface area contributed by atoms with Crippen LogP contribution in [-0.4, -0.2) is 11.1 Å². The highest BCUT2D eigenvalue weighted by atomic mass is 79.9. The normalized spacial score (nSPS) is 11.2. The molecule has 0 saturated carbocycles. The van der Waals surface area contributed by atoms with E-state index in [4.69, 9.17) is 9.84 Å². The molecule has 0 aromatic heterocycles. The quantitative estimate of drug-likeness (QED) is 0.825. The van der Waals surface area contributed by atoms with Gasteiger partial charge in [0.25, 0.3) is 0 Å². The Hall–Kier alpha value is -1.81. The number of hydrogen-bond acceptors (Lipinski definition) is 2. The van der Waals surface area contributed by atoms with Crippen molar-refractivity contribution < 1.29 is 14.6 Å². The Labute approximate surface area is 132 Å². The van der Waals surface area contributed by atoms with Gasteiger partial charge in [0.1, 0.15) is 11.5 Å². The van der Waals surface area contributed by atoms with E-state index >= 15 is 0 Å². The molecule has 2 rings (SSSR count). The molecule has 0 saturated heterocycles. The Morgan fingerprint density at radius 1 is 1.10 bits per heavy atom. The van der Waals surface area contributed by atoms with E-state index in [1.54, 1.807) is 6.07 Å². The van der Waals surface area contributed by atoms with E-state index in [0.717, 1.165) is 0 Å². The molecule has 2 aromatic carbocycles. The maximum atomic E-state index is 10.9. The van der Waals surface area contributed by atoms with Crippen LogP contribution < -0.4 is 4.74 Å². The van der Waals surface area contributed by atoms with E-state index in [2.05, 4.69) is 36.7 Å². The lowest BCUT2D eigenvalue weighted by atomic mass is 9.87. The summed E-state index contributed by atoms with van der Waals surface area (Å²) in [6, 6.07) is 12.6. The number of carbonyl (C=O) groups is 1. The summed E-state index contributed by atoms with van der Waals surface area (Å²) in [5.74, 6) is 0.340. The van der Waals surface area contributed by atoms with Crippen LogP contribution in [-0.2, 0) is 5.41 Å². The van der Waals surface area contributed by atoms with Gasteiger partial charge in [-0.2, -0.15) is 0 Å². The summed E-state index contributed by atoms with van der Waals surface area (Å²) in [7, 11) is 0. The summed E-state index contributed by atoms with van der Waals surface area (Å²) in [5.41, 5.74) is 1.55.